The molecule has 0 atom stereocenters. The fourth-order valence-electron chi connectivity index (χ4n) is 0.368. The second kappa shape index (κ2) is 7.21. The van der Waals surface area contributed by atoms with Crippen molar-refractivity contribution in [3.8, 4) is 0 Å². The van der Waals surface area contributed by atoms with Crippen molar-refractivity contribution in [3.63, 3.8) is 0 Å². The molecule has 0 rings (SSSR count). The molecular weight excluding hydrogens is 200 g/mol. The van der Waals surface area contributed by atoms with Gasteiger partial charge in [0.15, 0.2) is 0 Å². The number of hydrogen-bond donors (Lipinski definition) is 1. The summed E-state index contributed by atoms with van der Waals surface area (Å²) in [6, 6.07) is 0. The van der Waals surface area contributed by atoms with Crippen molar-refractivity contribution in [1.29, 1.82) is 0 Å². The Kier molecular flexibility index (Phi) is 7.28. The average molecular weight is 211 g/mol. The lowest BCUT2D eigenvalue weighted by Crippen LogP contribution is -2.03. The Hall–Kier alpha value is 0.1000. The van der Waals surface area contributed by atoms with Crippen LogP contribution in [-0.2, 0) is 9.47 Å². The van der Waals surface area contributed by atoms with E-state index in [1.54, 1.807) is 12.1 Å². The number of methoxy groups -OCH3 is 1. The molecule has 0 bridgehead atoms. The normalized spacial score (nSPS) is 12.1. The van der Waals surface area contributed by atoms with Gasteiger partial charge in [-0.1, -0.05) is 15.9 Å². The molecule has 0 aliphatic carbocycles. The van der Waals surface area contributed by atoms with Crippen LogP contribution >= 0.6 is 15.9 Å². The minimum atomic E-state index is 0.00889. The van der Waals surface area contributed by atoms with Crippen LogP contribution in [0.5, 0.6) is 0 Å². The van der Waals surface area contributed by atoms with Crippen LogP contribution < -0.4 is 0 Å². The van der Waals surface area contributed by atoms with Crippen molar-refractivity contribution in [2.24, 2.45) is 0 Å². The van der Waals surface area contributed by atoms with Gasteiger partial charge in [-0.05, 0) is 10.6 Å². The lowest BCUT2D eigenvalue weighted by Gasteiger charge is -2.02. The van der Waals surface area contributed by atoms with Crippen molar-refractivity contribution < 1.29 is 14.6 Å². The molecule has 60 valence electrons. The zero-order chi connectivity index (χ0) is 7.82. The first kappa shape index (κ1) is 10.1. The van der Waals surface area contributed by atoms with Gasteiger partial charge in [0.05, 0.1) is 13.2 Å². The van der Waals surface area contributed by atoms with Gasteiger partial charge in [0.1, 0.15) is 6.79 Å². The highest BCUT2D eigenvalue weighted by atomic mass is 79.9. The zero-order valence-corrected chi connectivity index (χ0v) is 7.43. The second-order valence-electron chi connectivity index (χ2n) is 1.68. The highest BCUT2D eigenvalue weighted by molar-refractivity contribution is 9.11. The molecule has 0 aliphatic rings. The highest BCUT2D eigenvalue weighted by Gasteiger charge is 1.92. The molecule has 0 aromatic heterocycles. The number of hydrogen-bond acceptors (Lipinski definition) is 3. The average Bonchev–Trinajstić information content (AvgIpc) is 1.99. The Bertz CT molecular complexity index is 103. The zero-order valence-electron chi connectivity index (χ0n) is 5.84. The summed E-state index contributed by atoms with van der Waals surface area (Å²) in [6.07, 6.45) is 0. The van der Waals surface area contributed by atoms with Crippen LogP contribution in [0.3, 0.4) is 0 Å². The third-order valence-corrected chi connectivity index (χ3v) is 1.49. The molecule has 4 heteroatoms. The summed E-state index contributed by atoms with van der Waals surface area (Å²) in [5, 5.41) is 8.61. The molecule has 0 amide bonds. The van der Waals surface area contributed by atoms with Crippen molar-refractivity contribution >= 4 is 15.9 Å². The van der Waals surface area contributed by atoms with Gasteiger partial charge in [-0.2, -0.15) is 0 Å². The van der Waals surface area contributed by atoms with Gasteiger partial charge in [-0.15, -0.1) is 0 Å². The fraction of sp³-hybridized carbons (Fsp3) is 0.667. The number of aliphatic hydroxyl groups is 1. The van der Waals surface area contributed by atoms with E-state index in [9.17, 15) is 0 Å². The number of halogens is 1. The van der Waals surface area contributed by atoms with E-state index in [-0.39, 0.29) is 13.4 Å². The molecule has 0 aromatic rings. The molecule has 0 saturated heterocycles. The van der Waals surface area contributed by atoms with Crippen molar-refractivity contribution in [1.82, 2.24) is 0 Å². The number of aliphatic hydroxyl groups excluding tert-OH is 1. The Morgan fingerprint density at radius 1 is 1.70 bits per heavy atom. The van der Waals surface area contributed by atoms with Crippen LogP contribution in [0.25, 0.3) is 0 Å². The Balaban J connectivity index is 3.27. The molecule has 0 aromatic carbocycles. The lowest BCUT2D eigenvalue weighted by molar-refractivity contribution is -0.0227. The molecule has 0 saturated carbocycles. The van der Waals surface area contributed by atoms with Crippen molar-refractivity contribution in [2.45, 2.75) is 0 Å². The molecule has 3 nitrogen and oxygen atoms in total. The second-order valence-corrected chi connectivity index (χ2v) is 2.14. The molecule has 0 heterocycles. The first-order valence-electron chi connectivity index (χ1n) is 2.80. The standard InChI is InChI=1S/C6H11BrO3/c1-9-5-10-4-6(2-7)3-8/h2,8H,3-5H2,1H3/b6-2-. The largest absolute Gasteiger partial charge is 0.392 e. The number of ether oxygens (including phenoxy) is 2. The minimum absolute atomic E-state index is 0.00889. The van der Waals surface area contributed by atoms with Gasteiger partial charge >= 0.3 is 0 Å². The highest BCUT2D eigenvalue weighted by Crippen LogP contribution is 1.97. The van der Waals surface area contributed by atoms with Gasteiger partial charge < -0.3 is 14.6 Å². The topological polar surface area (TPSA) is 38.7 Å². The monoisotopic (exact) mass is 210 g/mol. The van der Waals surface area contributed by atoms with Gasteiger partial charge in [0.25, 0.3) is 0 Å². The third kappa shape index (κ3) is 4.93. The Morgan fingerprint density at radius 3 is 2.80 bits per heavy atom. The van der Waals surface area contributed by atoms with E-state index >= 15 is 0 Å². The quantitative estimate of drug-likeness (QED) is 0.541. The summed E-state index contributed by atoms with van der Waals surface area (Å²) >= 11 is 3.09. The van der Waals surface area contributed by atoms with E-state index in [0.29, 0.717) is 6.61 Å². The molecule has 0 fully saturated rings. The Morgan fingerprint density at radius 2 is 2.40 bits per heavy atom. The molecule has 1 N–H and O–H groups in total. The summed E-state index contributed by atoms with van der Waals surface area (Å²) in [5.74, 6) is 0. The van der Waals surface area contributed by atoms with E-state index in [4.69, 9.17) is 9.84 Å². The van der Waals surface area contributed by atoms with E-state index in [1.165, 1.54) is 0 Å². The molecule has 10 heavy (non-hydrogen) atoms. The van der Waals surface area contributed by atoms with Crippen molar-refractivity contribution in [2.75, 3.05) is 27.1 Å². The minimum Gasteiger partial charge on any atom is -0.392 e. The van der Waals surface area contributed by atoms with E-state index in [0.717, 1.165) is 5.57 Å². The summed E-state index contributed by atoms with van der Waals surface area (Å²) in [7, 11) is 1.55. The predicted molar refractivity (Wildman–Crippen MR) is 41.9 cm³/mol. The molecule has 0 spiro atoms. The van der Waals surface area contributed by atoms with Gasteiger partial charge in [0, 0.05) is 7.11 Å². The molecular formula is C6H11BrO3. The first-order valence-corrected chi connectivity index (χ1v) is 3.72. The summed E-state index contributed by atoms with van der Waals surface area (Å²) in [6.45, 7) is 0.662. The molecule has 0 aliphatic heterocycles. The fourth-order valence-corrected chi connectivity index (χ4v) is 0.645. The van der Waals surface area contributed by atoms with Gasteiger partial charge in [0.2, 0.25) is 0 Å². The third-order valence-electron chi connectivity index (χ3n) is 0.846. The van der Waals surface area contributed by atoms with Crippen molar-refractivity contribution in [3.05, 3.63) is 10.6 Å². The first-order chi connectivity index (χ1) is 4.85. The smallest absolute Gasteiger partial charge is 0.146 e. The van der Waals surface area contributed by atoms with E-state index in [2.05, 4.69) is 20.7 Å². The van der Waals surface area contributed by atoms with Crippen LogP contribution in [0, 0.1) is 0 Å². The number of rotatable bonds is 5. The van der Waals surface area contributed by atoms with Gasteiger partial charge in [-0.3, -0.25) is 0 Å². The molecule has 0 unspecified atom stereocenters. The summed E-state index contributed by atoms with van der Waals surface area (Å²) in [4.78, 5) is 1.64. The maximum absolute atomic E-state index is 8.61. The van der Waals surface area contributed by atoms with Crippen LogP contribution in [0.15, 0.2) is 10.6 Å². The summed E-state index contributed by atoms with van der Waals surface area (Å²) in [5.41, 5.74) is 0.789. The predicted octanol–water partition coefficient (Wildman–Crippen LogP) is 0.878. The van der Waals surface area contributed by atoms with Crippen LogP contribution in [0.2, 0.25) is 0 Å². The maximum atomic E-state index is 8.61. The lowest BCUT2D eigenvalue weighted by atomic mass is 10.4. The van der Waals surface area contributed by atoms with E-state index < -0.39 is 0 Å². The SMILES string of the molecule is COCOC/C(=C\Br)CO. The van der Waals surface area contributed by atoms with Crippen LogP contribution in [0.1, 0.15) is 0 Å². The molecule has 0 radical (unpaired) electrons. The van der Waals surface area contributed by atoms with Crippen LogP contribution in [0.4, 0.5) is 0 Å². The maximum Gasteiger partial charge on any atom is 0.146 e. The van der Waals surface area contributed by atoms with Crippen LogP contribution in [-0.4, -0.2) is 32.2 Å². The van der Waals surface area contributed by atoms with E-state index in [1.807, 2.05) is 0 Å². The van der Waals surface area contributed by atoms with Gasteiger partial charge in [-0.25, -0.2) is 0 Å². The summed E-state index contributed by atoms with van der Waals surface area (Å²) < 4.78 is 9.58. The Labute approximate surface area is 68.8 Å².